The van der Waals surface area contributed by atoms with Crippen LogP contribution in [0.5, 0.6) is 0 Å². The molecule has 1 heterocycles. The average Bonchev–Trinajstić information content (AvgIpc) is 3.20. The smallest absolute Gasteiger partial charge is 0.350 e. The minimum Gasteiger partial charge on any atom is -0.465 e. The number of nitrogens with one attached hydrogen (secondary N) is 1. The molecule has 32 heavy (non-hydrogen) atoms. The maximum absolute atomic E-state index is 12.3. The molecule has 0 saturated carbocycles. The lowest BCUT2D eigenvalue weighted by atomic mass is 10.2. The zero-order valence-corrected chi connectivity index (χ0v) is 18.4. The molecule has 3 aromatic rings. The summed E-state index contributed by atoms with van der Waals surface area (Å²) in [4.78, 5) is 37.3. The van der Waals surface area contributed by atoms with Crippen LogP contribution in [0.3, 0.4) is 0 Å². The summed E-state index contributed by atoms with van der Waals surface area (Å²) in [6, 6.07) is 15.8. The Balaban J connectivity index is 1.71. The summed E-state index contributed by atoms with van der Waals surface area (Å²) < 4.78 is 32.6. The zero-order chi connectivity index (χ0) is 23.3. The van der Waals surface area contributed by atoms with Gasteiger partial charge in [-0.3, -0.25) is 4.79 Å². The molecule has 0 bridgehead atoms. The molecule has 0 atom stereocenters. The summed E-state index contributed by atoms with van der Waals surface area (Å²) in [5.74, 6) is -2.22. The molecule has 3 rings (SSSR count). The molecule has 0 radical (unpaired) electrons. The molecule has 0 aliphatic rings. The Morgan fingerprint density at radius 1 is 1.00 bits per heavy atom. The highest BCUT2D eigenvalue weighted by Gasteiger charge is 2.20. The molecule has 0 saturated heterocycles. The van der Waals surface area contributed by atoms with E-state index < -0.39 is 34.5 Å². The second-order valence-electron chi connectivity index (χ2n) is 6.41. The number of carbonyl (C=O) groups is 3. The summed E-state index contributed by atoms with van der Waals surface area (Å²) in [6.07, 6.45) is 0. The van der Waals surface area contributed by atoms with E-state index in [9.17, 15) is 22.8 Å². The highest BCUT2D eigenvalue weighted by molar-refractivity contribution is 7.89. The van der Waals surface area contributed by atoms with E-state index in [0.29, 0.717) is 0 Å². The number of sulfonamides is 1. The fraction of sp³-hybridized carbons (Fsp3) is 0.0952. The van der Waals surface area contributed by atoms with Crippen molar-refractivity contribution >= 4 is 44.9 Å². The van der Waals surface area contributed by atoms with E-state index in [-0.39, 0.29) is 21.0 Å². The van der Waals surface area contributed by atoms with Crippen molar-refractivity contribution in [3.63, 3.8) is 0 Å². The van der Waals surface area contributed by atoms with E-state index >= 15 is 0 Å². The molecule has 0 unspecified atom stereocenters. The topological polar surface area (TPSA) is 142 Å². The van der Waals surface area contributed by atoms with E-state index in [1.165, 1.54) is 25.3 Å². The van der Waals surface area contributed by atoms with Gasteiger partial charge in [0.05, 0.1) is 23.3 Å². The highest BCUT2D eigenvalue weighted by Crippen LogP contribution is 2.35. The molecule has 0 spiro atoms. The predicted molar refractivity (Wildman–Crippen MR) is 118 cm³/mol. The van der Waals surface area contributed by atoms with Gasteiger partial charge in [0.15, 0.2) is 6.61 Å². The van der Waals surface area contributed by atoms with Crippen LogP contribution in [0.15, 0.2) is 65.6 Å². The number of esters is 2. The van der Waals surface area contributed by atoms with Gasteiger partial charge >= 0.3 is 11.9 Å². The molecule has 0 fully saturated rings. The molecule has 11 heteroatoms. The first-order valence-corrected chi connectivity index (χ1v) is 11.4. The number of primary sulfonamides is 1. The summed E-state index contributed by atoms with van der Waals surface area (Å²) in [5.41, 5.74) is 0.990. The fourth-order valence-electron chi connectivity index (χ4n) is 2.67. The quantitative estimate of drug-likeness (QED) is 0.501. The number of thiophene rings is 1. The van der Waals surface area contributed by atoms with Crippen LogP contribution in [0.1, 0.15) is 20.0 Å². The molecular weight excluding hydrogens is 456 g/mol. The van der Waals surface area contributed by atoms with E-state index in [1.54, 1.807) is 6.07 Å². The van der Waals surface area contributed by atoms with Gasteiger partial charge in [0.2, 0.25) is 10.0 Å². The van der Waals surface area contributed by atoms with Gasteiger partial charge in [-0.25, -0.2) is 23.1 Å². The number of anilines is 1. The van der Waals surface area contributed by atoms with E-state index in [4.69, 9.17) is 14.6 Å². The number of hydrogen-bond donors (Lipinski definition) is 2. The third kappa shape index (κ3) is 5.58. The third-order valence-corrected chi connectivity index (χ3v) is 6.24. The molecule has 0 aliphatic heterocycles. The minimum absolute atomic E-state index is 0.0820. The van der Waals surface area contributed by atoms with Crippen LogP contribution in [0.4, 0.5) is 5.69 Å². The third-order valence-electron chi connectivity index (χ3n) is 4.17. The van der Waals surface area contributed by atoms with E-state index in [2.05, 4.69) is 5.32 Å². The van der Waals surface area contributed by atoms with Crippen molar-refractivity contribution in [1.82, 2.24) is 0 Å². The number of ether oxygens (including phenoxy) is 2. The Bertz CT molecular complexity index is 1270. The van der Waals surface area contributed by atoms with Crippen molar-refractivity contribution in [3.05, 3.63) is 71.1 Å². The Hall–Kier alpha value is -3.54. The van der Waals surface area contributed by atoms with Crippen molar-refractivity contribution in [2.24, 2.45) is 5.14 Å². The fourth-order valence-corrected chi connectivity index (χ4v) is 4.27. The summed E-state index contributed by atoms with van der Waals surface area (Å²) in [7, 11) is -2.77. The van der Waals surface area contributed by atoms with Gasteiger partial charge in [0, 0.05) is 4.88 Å². The van der Waals surface area contributed by atoms with Crippen molar-refractivity contribution in [1.29, 1.82) is 0 Å². The summed E-state index contributed by atoms with van der Waals surface area (Å²) in [5, 5.41) is 7.58. The molecule has 1 amide bonds. The van der Waals surface area contributed by atoms with Crippen LogP contribution >= 0.6 is 11.3 Å². The minimum atomic E-state index is -4.00. The van der Waals surface area contributed by atoms with Crippen LogP contribution in [-0.4, -0.2) is 40.0 Å². The molecule has 0 aliphatic carbocycles. The van der Waals surface area contributed by atoms with Crippen LogP contribution < -0.4 is 10.5 Å². The first-order valence-electron chi connectivity index (χ1n) is 9.06. The van der Waals surface area contributed by atoms with Crippen LogP contribution in [-0.2, 0) is 24.3 Å². The van der Waals surface area contributed by atoms with Crippen molar-refractivity contribution < 1.29 is 32.3 Å². The molecule has 2 aromatic carbocycles. The maximum atomic E-state index is 12.3. The largest absolute Gasteiger partial charge is 0.465 e. The Kier molecular flexibility index (Phi) is 7.03. The maximum Gasteiger partial charge on any atom is 0.350 e. The van der Waals surface area contributed by atoms with E-state index in [1.807, 2.05) is 30.3 Å². The van der Waals surface area contributed by atoms with Crippen LogP contribution in [0.2, 0.25) is 0 Å². The van der Waals surface area contributed by atoms with Gasteiger partial charge in [-0.2, -0.15) is 0 Å². The molecule has 3 N–H and O–H groups in total. The highest BCUT2D eigenvalue weighted by atomic mass is 32.2. The van der Waals surface area contributed by atoms with Gasteiger partial charge in [-0.05, 0) is 29.8 Å². The van der Waals surface area contributed by atoms with Gasteiger partial charge in [-0.15, -0.1) is 11.3 Å². The number of benzene rings is 2. The van der Waals surface area contributed by atoms with Gasteiger partial charge in [0.1, 0.15) is 4.88 Å². The zero-order valence-electron chi connectivity index (χ0n) is 16.7. The van der Waals surface area contributed by atoms with Crippen LogP contribution in [0, 0.1) is 0 Å². The number of carbonyl (C=O) groups excluding carboxylic acids is 3. The van der Waals surface area contributed by atoms with Crippen molar-refractivity contribution in [2.75, 3.05) is 19.0 Å². The lowest BCUT2D eigenvalue weighted by molar-refractivity contribution is -0.119. The van der Waals surface area contributed by atoms with Crippen molar-refractivity contribution in [3.8, 4) is 10.4 Å². The molecule has 1 aromatic heterocycles. The Morgan fingerprint density at radius 2 is 1.72 bits per heavy atom. The molecule has 166 valence electrons. The predicted octanol–water partition coefficient (Wildman–Crippen LogP) is 2.64. The number of hydrogen-bond acceptors (Lipinski definition) is 8. The second-order valence-corrected chi connectivity index (χ2v) is 9.02. The first kappa shape index (κ1) is 23.1. The van der Waals surface area contributed by atoms with E-state index in [0.717, 1.165) is 27.8 Å². The Labute approximate surface area is 187 Å². The second kappa shape index (κ2) is 9.73. The first-order chi connectivity index (χ1) is 15.2. The van der Waals surface area contributed by atoms with Crippen LogP contribution in [0.25, 0.3) is 10.4 Å². The Morgan fingerprint density at radius 3 is 2.38 bits per heavy atom. The van der Waals surface area contributed by atoms with Gasteiger partial charge in [0.25, 0.3) is 5.91 Å². The SMILES string of the molecule is COC(=O)c1sc(-c2ccccc2)cc1NC(=O)COC(=O)c1cccc(S(N)(=O)=O)c1. The standard InChI is InChI=1S/C21H18N2O7S2/c1-29-21(26)19-16(11-17(31-19)13-6-3-2-4-7-13)23-18(24)12-30-20(25)14-8-5-9-15(10-14)32(22,27)28/h2-11H,12H2,1H3,(H,23,24)(H2,22,27,28). The number of methoxy groups -OCH3 is 1. The summed E-state index contributed by atoms with van der Waals surface area (Å²) in [6.45, 7) is -0.657. The molecular formula is C21H18N2O7S2. The monoisotopic (exact) mass is 474 g/mol. The van der Waals surface area contributed by atoms with Gasteiger partial charge in [-0.1, -0.05) is 36.4 Å². The number of rotatable bonds is 7. The number of amides is 1. The average molecular weight is 475 g/mol. The van der Waals surface area contributed by atoms with Crippen molar-refractivity contribution in [2.45, 2.75) is 4.90 Å². The number of nitrogens with two attached hydrogens (primary N) is 1. The lowest BCUT2D eigenvalue weighted by Gasteiger charge is -2.07. The van der Waals surface area contributed by atoms with Gasteiger partial charge < -0.3 is 14.8 Å². The summed E-state index contributed by atoms with van der Waals surface area (Å²) >= 11 is 1.15. The lowest BCUT2D eigenvalue weighted by Crippen LogP contribution is -2.22. The molecule has 9 nitrogen and oxygen atoms in total. The normalized spacial score (nSPS) is 10.9.